The van der Waals surface area contributed by atoms with Gasteiger partial charge >= 0.3 is 0 Å². The van der Waals surface area contributed by atoms with Crippen molar-refractivity contribution < 1.29 is 4.74 Å². The molecular weight excluding hydrogens is 388 g/mol. The van der Waals surface area contributed by atoms with Crippen molar-refractivity contribution in [1.29, 1.82) is 0 Å². The van der Waals surface area contributed by atoms with Gasteiger partial charge in [-0.3, -0.25) is 4.99 Å². The predicted molar refractivity (Wildman–Crippen MR) is 115 cm³/mol. The van der Waals surface area contributed by atoms with Crippen molar-refractivity contribution in [2.75, 3.05) is 19.1 Å². The topological polar surface area (TPSA) is 24.8 Å². The number of aliphatic imine (C=N–C) groups is 1. The van der Waals surface area contributed by atoms with Crippen LogP contribution in [0.15, 0.2) is 45.9 Å². The van der Waals surface area contributed by atoms with E-state index in [9.17, 15) is 0 Å². The molecule has 0 radical (unpaired) electrons. The monoisotopic (exact) mass is 412 g/mol. The molecule has 0 aromatic heterocycles. The van der Waals surface area contributed by atoms with Crippen molar-refractivity contribution in [1.82, 2.24) is 0 Å². The molecule has 0 spiro atoms. The van der Waals surface area contributed by atoms with E-state index in [-0.39, 0.29) is 5.54 Å². The number of halogens is 1. The highest BCUT2D eigenvalue weighted by atomic mass is 79.9. The van der Waals surface area contributed by atoms with E-state index in [2.05, 4.69) is 90.9 Å². The number of hydrogen-bond donors (Lipinski definition) is 0. The summed E-state index contributed by atoms with van der Waals surface area (Å²) in [6.45, 7) is 8.67. The van der Waals surface area contributed by atoms with E-state index in [0.29, 0.717) is 0 Å². The van der Waals surface area contributed by atoms with Crippen LogP contribution in [0.1, 0.15) is 37.5 Å². The maximum atomic E-state index is 5.65. The molecule has 0 fully saturated rings. The van der Waals surface area contributed by atoms with Crippen molar-refractivity contribution in [2.45, 2.75) is 33.2 Å². The number of fused-ring (bicyclic) bond motifs is 1. The average Bonchev–Trinajstić information content (AvgIpc) is 2.58. The number of likely N-dealkylation sites (N-methyl/N-ethyl adjacent to an activating group) is 1. The summed E-state index contributed by atoms with van der Waals surface area (Å²) in [7, 11) is 3.83. The third kappa shape index (κ3) is 3.43. The van der Waals surface area contributed by atoms with Gasteiger partial charge in [-0.15, -0.1) is 0 Å². The van der Waals surface area contributed by atoms with Gasteiger partial charge in [-0.05, 0) is 73.0 Å². The van der Waals surface area contributed by atoms with Crippen molar-refractivity contribution in [3.8, 4) is 5.75 Å². The zero-order valence-electron chi connectivity index (χ0n) is 16.2. The number of benzene rings is 2. The van der Waals surface area contributed by atoms with Crippen molar-refractivity contribution in [3.05, 3.63) is 57.6 Å². The first-order valence-electron chi connectivity index (χ1n) is 8.69. The molecule has 26 heavy (non-hydrogen) atoms. The maximum Gasteiger partial charge on any atom is 0.129 e. The summed E-state index contributed by atoms with van der Waals surface area (Å²) >= 11 is 3.59. The van der Waals surface area contributed by atoms with Crippen molar-refractivity contribution in [2.24, 2.45) is 4.99 Å². The number of nitrogens with zero attached hydrogens (tertiary/aromatic N) is 2. The summed E-state index contributed by atoms with van der Waals surface area (Å²) in [5.41, 5.74) is 6.73. The van der Waals surface area contributed by atoms with Crippen molar-refractivity contribution in [3.63, 3.8) is 0 Å². The molecule has 1 heterocycles. The van der Waals surface area contributed by atoms with Crippen LogP contribution in [-0.2, 0) is 0 Å². The number of rotatable bonds is 3. The van der Waals surface area contributed by atoms with Crippen LogP contribution < -0.4 is 9.64 Å². The highest BCUT2D eigenvalue weighted by molar-refractivity contribution is 9.10. The Hall–Kier alpha value is -2.07. The van der Waals surface area contributed by atoms with Gasteiger partial charge in [0.2, 0.25) is 0 Å². The molecule has 0 saturated carbocycles. The molecule has 0 N–H and O–H groups in total. The summed E-state index contributed by atoms with van der Waals surface area (Å²) in [6.07, 6.45) is 4.18. The molecule has 0 bridgehead atoms. The molecule has 0 saturated heterocycles. The second-order valence-electron chi connectivity index (χ2n) is 7.36. The van der Waals surface area contributed by atoms with Crippen LogP contribution in [0.2, 0.25) is 0 Å². The highest BCUT2D eigenvalue weighted by Gasteiger charge is 2.29. The van der Waals surface area contributed by atoms with Gasteiger partial charge in [0, 0.05) is 40.6 Å². The third-order valence-electron chi connectivity index (χ3n) is 5.01. The minimum absolute atomic E-state index is 0.0233. The predicted octanol–water partition coefficient (Wildman–Crippen LogP) is 6.15. The smallest absolute Gasteiger partial charge is 0.129 e. The quantitative estimate of drug-likeness (QED) is 0.564. The minimum atomic E-state index is -0.0233. The normalized spacial score (nSPS) is 15.8. The Morgan fingerprint density at radius 3 is 2.54 bits per heavy atom. The summed E-state index contributed by atoms with van der Waals surface area (Å²) in [5, 5.41) is 0. The lowest BCUT2D eigenvalue weighted by Gasteiger charge is -2.40. The first-order valence-corrected chi connectivity index (χ1v) is 9.48. The zero-order chi connectivity index (χ0) is 19.1. The molecular formula is C22H25BrN2O. The lowest BCUT2D eigenvalue weighted by molar-refractivity contribution is 0.414. The van der Waals surface area contributed by atoms with E-state index in [1.165, 1.54) is 22.4 Å². The fourth-order valence-electron chi connectivity index (χ4n) is 3.33. The Kier molecular flexibility index (Phi) is 4.98. The molecule has 3 rings (SSSR count). The molecule has 136 valence electrons. The second kappa shape index (κ2) is 6.92. The van der Waals surface area contributed by atoms with Gasteiger partial charge in [-0.2, -0.15) is 0 Å². The van der Waals surface area contributed by atoms with Gasteiger partial charge in [0.25, 0.3) is 0 Å². The Morgan fingerprint density at radius 2 is 1.88 bits per heavy atom. The third-order valence-corrected chi connectivity index (χ3v) is 5.65. The van der Waals surface area contributed by atoms with E-state index in [0.717, 1.165) is 21.5 Å². The molecule has 0 amide bonds. The van der Waals surface area contributed by atoms with Gasteiger partial charge in [-0.25, -0.2) is 0 Å². The largest absolute Gasteiger partial charge is 0.496 e. The Labute approximate surface area is 164 Å². The fourth-order valence-corrected chi connectivity index (χ4v) is 3.92. The maximum absolute atomic E-state index is 5.65. The standard InChI is InChI=1S/C22H25BrN2O/c1-14-7-8-19(18(23)9-14)24-13-16-10-17-15(2)12-22(3,4)25(5)20(17)11-21(16)26-6/h7-13H,1-6H3. The van der Waals surface area contributed by atoms with Crippen LogP contribution in [0, 0.1) is 6.92 Å². The van der Waals surface area contributed by atoms with Gasteiger partial charge in [0.1, 0.15) is 5.75 Å². The van der Waals surface area contributed by atoms with Crippen LogP contribution in [0.3, 0.4) is 0 Å². The van der Waals surface area contributed by atoms with Crippen LogP contribution in [0.25, 0.3) is 5.57 Å². The zero-order valence-corrected chi connectivity index (χ0v) is 17.8. The van der Waals surface area contributed by atoms with Gasteiger partial charge in [-0.1, -0.05) is 12.1 Å². The van der Waals surface area contributed by atoms with E-state index in [4.69, 9.17) is 4.74 Å². The van der Waals surface area contributed by atoms with Gasteiger partial charge in [0.15, 0.2) is 0 Å². The number of hydrogen-bond acceptors (Lipinski definition) is 3. The van der Waals surface area contributed by atoms with E-state index < -0.39 is 0 Å². The van der Waals surface area contributed by atoms with E-state index >= 15 is 0 Å². The summed E-state index contributed by atoms with van der Waals surface area (Å²) in [5.74, 6) is 0.827. The average molecular weight is 413 g/mol. The minimum Gasteiger partial charge on any atom is -0.496 e. The Morgan fingerprint density at radius 1 is 1.15 bits per heavy atom. The Bertz CT molecular complexity index is 913. The summed E-state index contributed by atoms with van der Waals surface area (Å²) in [6, 6.07) is 10.4. The van der Waals surface area contributed by atoms with Gasteiger partial charge < -0.3 is 9.64 Å². The molecule has 1 aliphatic heterocycles. The molecule has 2 aromatic rings. The number of ether oxygens (including phenoxy) is 1. The molecule has 3 nitrogen and oxygen atoms in total. The second-order valence-corrected chi connectivity index (χ2v) is 8.22. The summed E-state index contributed by atoms with van der Waals surface area (Å²) < 4.78 is 6.64. The molecule has 0 atom stereocenters. The first kappa shape index (κ1) is 18.7. The Balaban J connectivity index is 2.06. The lowest BCUT2D eigenvalue weighted by Crippen LogP contribution is -2.42. The number of allylic oxidation sites excluding steroid dienone is 1. The van der Waals surface area contributed by atoms with Crippen molar-refractivity contribution >= 4 is 39.1 Å². The molecule has 1 aliphatic rings. The number of anilines is 1. The highest BCUT2D eigenvalue weighted by Crippen LogP contribution is 2.41. The van der Waals surface area contributed by atoms with Crippen LogP contribution in [0.4, 0.5) is 11.4 Å². The molecule has 0 unspecified atom stereocenters. The number of aryl methyl sites for hydroxylation is 1. The van der Waals surface area contributed by atoms with Crippen LogP contribution >= 0.6 is 15.9 Å². The molecule has 0 aliphatic carbocycles. The number of methoxy groups -OCH3 is 1. The van der Waals surface area contributed by atoms with E-state index in [1.807, 2.05) is 12.3 Å². The lowest BCUT2D eigenvalue weighted by atomic mass is 9.88. The summed E-state index contributed by atoms with van der Waals surface area (Å²) in [4.78, 5) is 6.95. The SMILES string of the molecule is COc1cc2c(cc1C=Nc1ccc(C)cc1Br)C(C)=CC(C)(C)N2C. The fraction of sp³-hybridized carbons (Fsp3) is 0.318. The first-order chi connectivity index (χ1) is 12.2. The molecule has 4 heteroatoms. The van der Waals surface area contributed by atoms with E-state index in [1.54, 1.807) is 7.11 Å². The molecule has 2 aromatic carbocycles. The van der Waals surface area contributed by atoms with Crippen LogP contribution in [-0.4, -0.2) is 25.9 Å². The van der Waals surface area contributed by atoms with Gasteiger partial charge in [0.05, 0.1) is 18.3 Å². The van der Waals surface area contributed by atoms with Crippen LogP contribution in [0.5, 0.6) is 5.75 Å².